The monoisotopic (exact) mass is 301 g/mol. The third kappa shape index (κ3) is 3.20. The van der Waals surface area contributed by atoms with E-state index in [4.69, 9.17) is 4.42 Å². The molecule has 116 valence electrons. The van der Waals surface area contributed by atoms with Gasteiger partial charge < -0.3 is 14.8 Å². The predicted octanol–water partition coefficient (Wildman–Crippen LogP) is 2.60. The maximum atomic E-state index is 12.2. The van der Waals surface area contributed by atoms with Crippen molar-refractivity contribution < 1.29 is 14.3 Å². The number of ketones is 1. The van der Waals surface area contributed by atoms with Crippen molar-refractivity contribution in [1.82, 2.24) is 5.32 Å². The molecule has 1 fully saturated rings. The predicted molar refractivity (Wildman–Crippen MR) is 83.4 cm³/mol. The molecule has 2 N–H and O–H groups in total. The number of aromatic hydroxyl groups is 1. The number of carbonyl (C=O) groups excluding carboxylic acids is 1. The molecule has 3 rings (SSSR count). The first-order valence-corrected chi connectivity index (χ1v) is 7.67. The van der Waals surface area contributed by atoms with Gasteiger partial charge in [0.05, 0.1) is 0 Å². The molecule has 1 heterocycles. The van der Waals surface area contributed by atoms with Crippen molar-refractivity contribution in [2.45, 2.75) is 38.1 Å². The van der Waals surface area contributed by atoms with Gasteiger partial charge in [0.25, 0.3) is 0 Å². The molecule has 5 heteroatoms. The highest BCUT2D eigenvalue weighted by atomic mass is 16.4. The van der Waals surface area contributed by atoms with Crippen LogP contribution in [0.25, 0.3) is 11.0 Å². The lowest BCUT2D eigenvalue weighted by atomic mass is 10.1. The highest BCUT2D eigenvalue weighted by Gasteiger charge is 2.17. The number of fused-ring (bicyclic) bond motifs is 1. The summed E-state index contributed by atoms with van der Waals surface area (Å²) in [7, 11) is 0. The number of Topliss-reactive ketones (excluding diaryl/α,β-unsaturated/α-hetero) is 1. The molecule has 0 bridgehead atoms. The molecule has 2 aromatic rings. The van der Waals surface area contributed by atoms with Crippen LogP contribution >= 0.6 is 0 Å². The second kappa shape index (κ2) is 6.32. The fourth-order valence-electron chi connectivity index (χ4n) is 2.95. The minimum Gasteiger partial charge on any atom is -0.508 e. The first-order valence-electron chi connectivity index (χ1n) is 7.67. The number of benzene rings is 1. The summed E-state index contributed by atoms with van der Waals surface area (Å²) in [5.41, 5.74) is -0.291. The summed E-state index contributed by atoms with van der Waals surface area (Å²) in [6, 6.07) is 6.54. The van der Waals surface area contributed by atoms with E-state index >= 15 is 0 Å². The van der Waals surface area contributed by atoms with Crippen LogP contribution in [0.2, 0.25) is 0 Å². The molecule has 0 atom stereocenters. The van der Waals surface area contributed by atoms with E-state index in [0.29, 0.717) is 18.0 Å². The summed E-state index contributed by atoms with van der Waals surface area (Å²) in [6.45, 7) is 0.580. The largest absolute Gasteiger partial charge is 0.508 e. The van der Waals surface area contributed by atoms with Gasteiger partial charge in [0.1, 0.15) is 16.9 Å². The van der Waals surface area contributed by atoms with Crippen molar-refractivity contribution in [3.8, 4) is 5.75 Å². The van der Waals surface area contributed by atoms with Gasteiger partial charge >= 0.3 is 5.63 Å². The molecule has 0 aliphatic heterocycles. The Morgan fingerprint density at radius 3 is 2.82 bits per heavy atom. The molecule has 0 unspecified atom stereocenters. The highest BCUT2D eigenvalue weighted by molar-refractivity contribution is 5.98. The van der Waals surface area contributed by atoms with Crippen molar-refractivity contribution in [2.24, 2.45) is 0 Å². The van der Waals surface area contributed by atoms with Gasteiger partial charge in [0, 0.05) is 30.5 Å². The molecule has 1 aliphatic rings. The summed E-state index contributed by atoms with van der Waals surface area (Å²) in [5.74, 6) is -0.190. The summed E-state index contributed by atoms with van der Waals surface area (Å²) in [6.07, 6.45) is 5.09. The Morgan fingerprint density at radius 2 is 2.05 bits per heavy atom. The molecule has 5 nitrogen and oxygen atoms in total. The van der Waals surface area contributed by atoms with Gasteiger partial charge in [-0.2, -0.15) is 0 Å². The minimum absolute atomic E-state index is 0.0236. The third-order valence-electron chi connectivity index (χ3n) is 4.16. The summed E-state index contributed by atoms with van der Waals surface area (Å²) in [5, 5.41) is 13.4. The van der Waals surface area contributed by atoms with Crippen molar-refractivity contribution in [3.63, 3.8) is 0 Å². The Bertz CT molecular complexity index is 744. The zero-order valence-electron chi connectivity index (χ0n) is 12.3. The molecule has 1 aliphatic carbocycles. The number of nitrogens with one attached hydrogen (secondary N) is 1. The van der Waals surface area contributed by atoms with Gasteiger partial charge in [-0.3, -0.25) is 4.79 Å². The quantitative estimate of drug-likeness (QED) is 0.655. The molecule has 0 amide bonds. The first-order chi connectivity index (χ1) is 10.6. The average molecular weight is 301 g/mol. The Hall–Kier alpha value is -2.14. The van der Waals surface area contributed by atoms with Crippen LogP contribution in [0, 0.1) is 0 Å². The molecular formula is C17H19NO4. The van der Waals surface area contributed by atoms with Crippen LogP contribution in [0.4, 0.5) is 0 Å². The first kappa shape index (κ1) is 14.8. The number of hydrogen-bond donors (Lipinski definition) is 2. The maximum absolute atomic E-state index is 12.2. The Balaban J connectivity index is 1.71. The van der Waals surface area contributed by atoms with Crippen molar-refractivity contribution in [2.75, 3.05) is 6.54 Å². The van der Waals surface area contributed by atoms with E-state index in [9.17, 15) is 14.7 Å². The Morgan fingerprint density at radius 1 is 1.27 bits per heavy atom. The number of phenolic OH excluding ortho intramolecular Hbond substituents is 1. The molecule has 22 heavy (non-hydrogen) atoms. The van der Waals surface area contributed by atoms with Gasteiger partial charge in [-0.1, -0.05) is 12.8 Å². The van der Waals surface area contributed by atoms with E-state index in [1.165, 1.54) is 25.0 Å². The van der Waals surface area contributed by atoms with Gasteiger partial charge in [-0.05, 0) is 31.0 Å². The number of carbonyl (C=O) groups is 1. The van der Waals surface area contributed by atoms with Gasteiger partial charge in [-0.15, -0.1) is 0 Å². The zero-order valence-corrected chi connectivity index (χ0v) is 12.3. The Kier molecular flexibility index (Phi) is 4.24. The second-order valence-corrected chi connectivity index (χ2v) is 5.78. The van der Waals surface area contributed by atoms with Gasteiger partial charge in [0.2, 0.25) is 0 Å². The summed E-state index contributed by atoms with van der Waals surface area (Å²) >= 11 is 0. The number of rotatable bonds is 5. The standard InChI is InChI=1S/C17H19NO4/c19-13-6-5-11-9-14(17(21)22-16(11)10-13)15(20)7-8-18-12-3-1-2-4-12/h5-6,9-10,12,18-19H,1-4,7-8H2. The van der Waals surface area contributed by atoms with E-state index in [-0.39, 0.29) is 29.1 Å². The Labute approximate surface area is 127 Å². The van der Waals surface area contributed by atoms with Crippen LogP contribution in [0.3, 0.4) is 0 Å². The minimum atomic E-state index is -0.649. The second-order valence-electron chi connectivity index (χ2n) is 5.78. The summed E-state index contributed by atoms with van der Waals surface area (Å²) in [4.78, 5) is 24.1. The van der Waals surface area contributed by atoms with E-state index in [2.05, 4.69) is 5.32 Å². The maximum Gasteiger partial charge on any atom is 0.347 e. The fraction of sp³-hybridized carbons (Fsp3) is 0.412. The molecule has 1 aromatic carbocycles. The van der Waals surface area contributed by atoms with Crippen molar-refractivity contribution >= 4 is 16.8 Å². The lowest BCUT2D eigenvalue weighted by Crippen LogP contribution is -2.29. The lowest BCUT2D eigenvalue weighted by Gasteiger charge is -2.10. The molecular weight excluding hydrogens is 282 g/mol. The van der Waals surface area contributed by atoms with E-state index in [1.807, 2.05) is 0 Å². The van der Waals surface area contributed by atoms with E-state index < -0.39 is 5.63 Å². The van der Waals surface area contributed by atoms with Crippen molar-refractivity contribution in [1.29, 1.82) is 0 Å². The average Bonchev–Trinajstić information content (AvgIpc) is 2.99. The van der Waals surface area contributed by atoms with Crippen LogP contribution in [0.5, 0.6) is 5.75 Å². The van der Waals surface area contributed by atoms with E-state index in [1.54, 1.807) is 12.1 Å². The zero-order chi connectivity index (χ0) is 15.5. The normalized spacial score (nSPS) is 15.5. The SMILES string of the molecule is O=C(CCNC1CCCC1)c1cc2ccc(O)cc2oc1=O. The van der Waals surface area contributed by atoms with Crippen LogP contribution in [0.1, 0.15) is 42.5 Å². The highest BCUT2D eigenvalue weighted by Crippen LogP contribution is 2.20. The van der Waals surface area contributed by atoms with Crippen LogP contribution in [-0.2, 0) is 0 Å². The fourth-order valence-corrected chi connectivity index (χ4v) is 2.95. The molecule has 0 spiro atoms. The van der Waals surface area contributed by atoms with Gasteiger partial charge in [-0.25, -0.2) is 4.79 Å². The third-order valence-corrected chi connectivity index (χ3v) is 4.16. The van der Waals surface area contributed by atoms with Crippen molar-refractivity contribution in [3.05, 3.63) is 40.2 Å². The van der Waals surface area contributed by atoms with Gasteiger partial charge in [0.15, 0.2) is 5.78 Å². The molecule has 0 saturated heterocycles. The summed E-state index contributed by atoms with van der Waals surface area (Å²) < 4.78 is 5.12. The molecule has 1 aromatic heterocycles. The molecule has 1 saturated carbocycles. The van der Waals surface area contributed by atoms with Crippen LogP contribution in [0.15, 0.2) is 33.5 Å². The number of phenols is 1. The lowest BCUT2D eigenvalue weighted by molar-refractivity contribution is 0.0978. The topological polar surface area (TPSA) is 79.5 Å². The molecule has 0 radical (unpaired) electrons. The van der Waals surface area contributed by atoms with Crippen LogP contribution < -0.4 is 10.9 Å². The van der Waals surface area contributed by atoms with E-state index in [0.717, 1.165) is 12.8 Å². The smallest absolute Gasteiger partial charge is 0.347 e. The number of hydrogen-bond acceptors (Lipinski definition) is 5. The van der Waals surface area contributed by atoms with Crippen LogP contribution in [-0.4, -0.2) is 23.5 Å².